The second-order valence-electron chi connectivity index (χ2n) is 16.5. The van der Waals surface area contributed by atoms with E-state index >= 15 is 0 Å². The lowest BCUT2D eigenvalue weighted by Gasteiger charge is -2.39. The van der Waals surface area contributed by atoms with Gasteiger partial charge in [0.25, 0.3) is 5.91 Å². The third-order valence-electron chi connectivity index (χ3n) is 11.5. The van der Waals surface area contributed by atoms with Crippen LogP contribution in [0.1, 0.15) is 140 Å². The summed E-state index contributed by atoms with van der Waals surface area (Å²) < 4.78 is 11.1. The van der Waals surface area contributed by atoms with Gasteiger partial charge >= 0.3 is 11.9 Å². The number of unbranched alkanes of at least 4 members (excludes halogenated alkanes) is 3. The monoisotopic (exact) mass is 841 g/mol. The van der Waals surface area contributed by atoms with Crippen LogP contribution >= 0.6 is 11.3 Å². The van der Waals surface area contributed by atoms with Crippen molar-refractivity contribution in [1.82, 2.24) is 25.4 Å². The number of amides is 3. The highest BCUT2D eigenvalue weighted by Gasteiger charge is 2.38. The molecular formula is C45H72N6O7S. The zero-order valence-corrected chi connectivity index (χ0v) is 37.7. The number of ether oxygens (including phenoxy) is 2. The predicted octanol–water partition coefficient (Wildman–Crippen LogP) is 6.46. The van der Waals surface area contributed by atoms with E-state index in [0.717, 1.165) is 63.6 Å². The molecule has 330 valence electrons. The van der Waals surface area contributed by atoms with Crippen LogP contribution in [0.3, 0.4) is 0 Å². The van der Waals surface area contributed by atoms with Gasteiger partial charge in [0.2, 0.25) is 11.8 Å². The maximum atomic E-state index is 14.5. The zero-order chi connectivity index (χ0) is 43.5. The molecule has 1 aliphatic rings. The number of carbonyl (C=O) groups excluding carboxylic acids is 5. The Morgan fingerprint density at radius 3 is 2.34 bits per heavy atom. The molecule has 0 spiro atoms. The number of piperidine rings is 1. The first-order valence-corrected chi connectivity index (χ1v) is 22.7. The van der Waals surface area contributed by atoms with E-state index in [1.165, 1.54) is 18.3 Å². The van der Waals surface area contributed by atoms with Gasteiger partial charge < -0.3 is 30.7 Å². The van der Waals surface area contributed by atoms with Crippen molar-refractivity contribution >= 4 is 41.0 Å². The largest absolute Gasteiger partial charge is 0.466 e. The number of esters is 2. The van der Waals surface area contributed by atoms with Crippen molar-refractivity contribution in [1.29, 1.82) is 0 Å². The van der Waals surface area contributed by atoms with Crippen LogP contribution in [0.15, 0.2) is 35.7 Å². The zero-order valence-electron chi connectivity index (χ0n) is 36.9. The fourth-order valence-corrected chi connectivity index (χ4v) is 8.72. The molecule has 1 saturated heterocycles. The standard InChI is InChI=1S/C45H72N6O7S/c1-9-31(5)40(49-42(54)37-22-16-19-25-51(37)24-18-12-11-17-23-46)44(55)50(8)38(30(3)4)28-39(58-33(7)52)43-48-36(29-59-43)41(53)47-35(26-32(6)45(56)57-10-2)27-34-20-14-13-15-21-34/h13-15,20-21,29-32,35,37-40H,9-12,16-19,22-28,46H2,1-8H3,(H,47,53)(H,49,54)/t31-,32-,35+,37+,38+,39+,40-/m0/s1. The maximum absolute atomic E-state index is 14.5. The number of nitrogens with one attached hydrogen (secondary N) is 2. The molecule has 0 bridgehead atoms. The van der Waals surface area contributed by atoms with Gasteiger partial charge in [-0.2, -0.15) is 0 Å². The van der Waals surface area contributed by atoms with Gasteiger partial charge in [-0.15, -0.1) is 11.3 Å². The van der Waals surface area contributed by atoms with Gasteiger partial charge in [0.1, 0.15) is 16.7 Å². The highest BCUT2D eigenvalue weighted by molar-refractivity contribution is 7.09. The number of nitrogens with zero attached hydrogens (tertiary/aromatic N) is 3. The molecule has 0 unspecified atom stereocenters. The molecule has 14 heteroatoms. The van der Waals surface area contributed by atoms with Gasteiger partial charge in [0, 0.05) is 37.9 Å². The van der Waals surface area contributed by atoms with E-state index < -0.39 is 36.0 Å². The summed E-state index contributed by atoms with van der Waals surface area (Å²) in [6, 6.07) is 7.96. The summed E-state index contributed by atoms with van der Waals surface area (Å²) in [7, 11) is 1.75. The molecule has 3 rings (SSSR count). The third kappa shape index (κ3) is 15.9. The van der Waals surface area contributed by atoms with Crippen molar-refractivity contribution in [2.75, 3.05) is 33.3 Å². The highest BCUT2D eigenvalue weighted by atomic mass is 32.1. The predicted molar refractivity (Wildman–Crippen MR) is 233 cm³/mol. The number of rotatable bonds is 25. The summed E-state index contributed by atoms with van der Waals surface area (Å²) in [6.45, 7) is 15.6. The molecule has 2 aromatic rings. The lowest BCUT2D eigenvalue weighted by atomic mass is 9.92. The molecular weight excluding hydrogens is 769 g/mol. The summed E-state index contributed by atoms with van der Waals surface area (Å²) in [6.07, 6.45) is 7.95. The summed E-state index contributed by atoms with van der Waals surface area (Å²) in [5.41, 5.74) is 6.85. The number of aromatic nitrogens is 1. The molecule has 4 N–H and O–H groups in total. The number of hydrogen-bond acceptors (Lipinski definition) is 11. The summed E-state index contributed by atoms with van der Waals surface area (Å²) in [5.74, 6) is -2.15. The lowest BCUT2D eigenvalue weighted by molar-refractivity contribution is -0.149. The molecule has 1 fully saturated rings. The van der Waals surface area contributed by atoms with Crippen LogP contribution in [0.25, 0.3) is 0 Å². The second kappa shape index (κ2) is 25.7. The third-order valence-corrected chi connectivity index (χ3v) is 12.4. The SMILES string of the molecule is CCOC(=O)[C@@H](C)C[C@H](Cc1ccccc1)NC(=O)c1csc([C@@H](C[C@H](C(C)C)N(C)C(=O)[C@@H](NC(=O)[C@H]2CCCCN2CCCCCCN)[C@@H](C)CC)OC(C)=O)n1. The maximum Gasteiger partial charge on any atom is 0.308 e. The fraction of sp³-hybridized carbons (Fsp3) is 0.689. The van der Waals surface area contributed by atoms with Crippen LogP contribution in [0.4, 0.5) is 0 Å². The lowest BCUT2D eigenvalue weighted by Crippen LogP contribution is -2.58. The minimum Gasteiger partial charge on any atom is -0.466 e. The van der Waals surface area contributed by atoms with Gasteiger partial charge in [-0.25, -0.2) is 4.98 Å². The Morgan fingerprint density at radius 1 is 0.983 bits per heavy atom. The number of thiazole rings is 1. The van der Waals surface area contributed by atoms with E-state index in [2.05, 4.69) is 20.5 Å². The van der Waals surface area contributed by atoms with Crippen LogP contribution in [0, 0.1) is 17.8 Å². The molecule has 3 amide bonds. The molecule has 13 nitrogen and oxygen atoms in total. The van der Waals surface area contributed by atoms with E-state index in [1.54, 1.807) is 31.2 Å². The Kier molecular flexibility index (Phi) is 21.5. The number of hydrogen-bond donors (Lipinski definition) is 3. The van der Waals surface area contributed by atoms with Gasteiger partial charge in [-0.05, 0) is 82.5 Å². The molecule has 0 aliphatic carbocycles. The normalized spacial score (nSPS) is 17.6. The van der Waals surface area contributed by atoms with Crippen LogP contribution in [0.2, 0.25) is 0 Å². The van der Waals surface area contributed by atoms with Gasteiger partial charge in [0.05, 0.1) is 18.6 Å². The Balaban J connectivity index is 1.79. The topological polar surface area (TPSA) is 173 Å². The second-order valence-corrected chi connectivity index (χ2v) is 17.4. The Morgan fingerprint density at radius 2 is 1.69 bits per heavy atom. The van der Waals surface area contributed by atoms with E-state index in [1.807, 2.05) is 58.0 Å². The van der Waals surface area contributed by atoms with Crippen molar-refractivity contribution < 1.29 is 33.4 Å². The van der Waals surface area contributed by atoms with Crippen molar-refractivity contribution in [2.24, 2.45) is 23.5 Å². The van der Waals surface area contributed by atoms with Crippen molar-refractivity contribution in [2.45, 2.75) is 149 Å². The number of benzene rings is 1. The van der Waals surface area contributed by atoms with Crippen molar-refractivity contribution in [3.63, 3.8) is 0 Å². The molecule has 1 aromatic heterocycles. The first kappa shape index (κ1) is 49.5. The summed E-state index contributed by atoms with van der Waals surface area (Å²) in [4.78, 5) is 75.8. The first-order valence-electron chi connectivity index (χ1n) is 21.9. The van der Waals surface area contributed by atoms with E-state index in [0.29, 0.717) is 30.8 Å². The molecule has 1 aliphatic heterocycles. The molecule has 2 heterocycles. The molecule has 7 atom stereocenters. The van der Waals surface area contributed by atoms with Crippen LogP contribution in [-0.4, -0.2) is 102 Å². The average Bonchev–Trinajstić information content (AvgIpc) is 3.71. The van der Waals surface area contributed by atoms with E-state index in [9.17, 15) is 24.0 Å². The van der Waals surface area contributed by atoms with Gasteiger partial charge in [0.15, 0.2) is 6.10 Å². The fourth-order valence-electron chi connectivity index (χ4n) is 7.88. The van der Waals surface area contributed by atoms with Gasteiger partial charge in [-0.3, -0.25) is 28.9 Å². The Bertz CT molecular complexity index is 1610. The highest BCUT2D eigenvalue weighted by Crippen LogP contribution is 2.31. The number of carbonyl (C=O) groups is 5. The summed E-state index contributed by atoms with van der Waals surface area (Å²) >= 11 is 1.21. The number of nitrogens with two attached hydrogens (primary N) is 1. The summed E-state index contributed by atoms with van der Waals surface area (Å²) in [5, 5.41) is 8.33. The molecule has 59 heavy (non-hydrogen) atoms. The van der Waals surface area contributed by atoms with Crippen molar-refractivity contribution in [3.8, 4) is 0 Å². The number of likely N-dealkylation sites (tertiary alicyclic amines) is 1. The molecule has 0 radical (unpaired) electrons. The first-order chi connectivity index (χ1) is 28.2. The molecule has 0 saturated carbocycles. The Hall–Kier alpha value is -3.88. The smallest absolute Gasteiger partial charge is 0.308 e. The van der Waals surface area contributed by atoms with Crippen molar-refractivity contribution in [3.05, 3.63) is 52.0 Å². The quantitative estimate of drug-likeness (QED) is 0.0745. The van der Waals surface area contributed by atoms with Gasteiger partial charge in [-0.1, -0.05) is 90.6 Å². The average molecular weight is 841 g/mol. The number of likely N-dealkylation sites (N-methyl/N-ethyl adjacent to an activating group) is 1. The minimum atomic E-state index is -0.831. The van der Waals surface area contributed by atoms with Crippen LogP contribution in [0.5, 0.6) is 0 Å². The van der Waals surface area contributed by atoms with Crippen LogP contribution in [-0.2, 0) is 35.1 Å². The van der Waals surface area contributed by atoms with E-state index in [4.69, 9.17) is 15.2 Å². The van der Waals surface area contributed by atoms with E-state index in [-0.39, 0.29) is 60.4 Å². The Labute approximate surface area is 356 Å². The molecule has 1 aromatic carbocycles. The van der Waals surface area contributed by atoms with Crippen LogP contribution < -0.4 is 16.4 Å². The minimum absolute atomic E-state index is 0.0498.